The summed E-state index contributed by atoms with van der Waals surface area (Å²) < 4.78 is 5.50. The van der Waals surface area contributed by atoms with E-state index in [0.717, 1.165) is 62.8 Å². The Morgan fingerprint density at radius 3 is 2.80 bits per heavy atom. The molecule has 0 radical (unpaired) electrons. The van der Waals surface area contributed by atoms with Crippen LogP contribution >= 0.6 is 0 Å². The van der Waals surface area contributed by atoms with Gasteiger partial charge in [0.25, 0.3) is 5.91 Å². The van der Waals surface area contributed by atoms with Crippen molar-refractivity contribution < 1.29 is 9.21 Å². The van der Waals surface area contributed by atoms with Gasteiger partial charge in [0, 0.05) is 56.9 Å². The zero-order valence-corrected chi connectivity index (χ0v) is 14.6. The molecule has 6 nitrogen and oxygen atoms in total. The summed E-state index contributed by atoms with van der Waals surface area (Å²) in [5, 5.41) is 0. The van der Waals surface area contributed by atoms with Crippen molar-refractivity contribution in [3.8, 4) is 0 Å². The molecule has 1 amide bonds. The van der Waals surface area contributed by atoms with E-state index in [2.05, 4.69) is 21.8 Å². The van der Waals surface area contributed by atoms with Crippen LogP contribution in [-0.2, 0) is 0 Å². The van der Waals surface area contributed by atoms with Crippen molar-refractivity contribution in [2.24, 2.45) is 0 Å². The van der Waals surface area contributed by atoms with Crippen LogP contribution in [0.25, 0.3) is 0 Å². The van der Waals surface area contributed by atoms with Gasteiger partial charge in [-0.15, -0.1) is 0 Å². The smallest absolute Gasteiger partial charge is 0.254 e. The van der Waals surface area contributed by atoms with E-state index in [1.165, 1.54) is 0 Å². The predicted octanol–water partition coefficient (Wildman–Crippen LogP) is 2.06. The van der Waals surface area contributed by atoms with Crippen molar-refractivity contribution in [3.05, 3.63) is 48.0 Å². The quantitative estimate of drug-likeness (QED) is 0.856. The molecule has 2 fully saturated rings. The maximum Gasteiger partial charge on any atom is 0.254 e. The Labute approximate surface area is 148 Å². The third-order valence-corrected chi connectivity index (χ3v) is 5.24. The molecule has 0 aliphatic carbocycles. The van der Waals surface area contributed by atoms with E-state index in [1.54, 1.807) is 12.5 Å². The third kappa shape index (κ3) is 3.39. The van der Waals surface area contributed by atoms with Crippen molar-refractivity contribution in [3.63, 3.8) is 0 Å². The van der Waals surface area contributed by atoms with Gasteiger partial charge in [-0.25, -0.2) is 4.98 Å². The summed E-state index contributed by atoms with van der Waals surface area (Å²) in [6.45, 7) is 5.44. The Balaban J connectivity index is 1.45. The first kappa shape index (κ1) is 16.1. The van der Waals surface area contributed by atoms with E-state index >= 15 is 0 Å². The van der Waals surface area contributed by atoms with Crippen LogP contribution < -0.4 is 4.90 Å². The highest BCUT2D eigenvalue weighted by molar-refractivity contribution is 5.95. The molecule has 0 bridgehead atoms. The molecule has 2 aliphatic rings. The van der Waals surface area contributed by atoms with Crippen molar-refractivity contribution >= 4 is 11.7 Å². The van der Waals surface area contributed by atoms with Crippen LogP contribution in [-0.4, -0.2) is 67.0 Å². The summed E-state index contributed by atoms with van der Waals surface area (Å²) in [7, 11) is 2.13. The molecule has 132 valence electrons. The van der Waals surface area contributed by atoms with Gasteiger partial charge >= 0.3 is 0 Å². The highest BCUT2D eigenvalue weighted by Crippen LogP contribution is 2.28. The van der Waals surface area contributed by atoms with E-state index in [1.807, 2.05) is 29.2 Å². The number of pyridine rings is 1. The molecule has 2 aromatic rings. The second-order valence-corrected chi connectivity index (χ2v) is 6.95. The molecule has 1 atom stereocenters. The molecule has 0 aromatic carbocycles. The number of rotatable bonds is 3. The average Bonchev–Trinajstić information content (AvgIpc) is 3.33. The molecule has 4 heterocycles. The number of anilines is 1. The number of likely N-dealkylation sites (N-methyl/N-ethyl adjacent to an activating group) is 1. The normalized spacial score (nSPS) is 21.7. The molecule has 0 saturated carbocycles. The van der Waals surface area contributed by atoms with Crippen LogP contribution in [0.2, 0.25) is 0 Å². The molecular formula is C19H24N4O2. The van der Waals surface area contributed by atoms with Gasteiger partial charge in [0.2, 0.25) is 0 Å². The lowest BCUT2D eigenvalue weighted by Crippen LogP contribution is -2.44. The van der Waals surface area contributed by atoms with Gasteiger partial charge in [-0.3, -0.25) is 4.79 Å². The number of aromatic nitrogens is 1. The maximum atomic E-state index is 12.9. The highest BCUT2D eigenvalue weighted by atomic mass is 16.3. The van der Waals surface area contributed by atoms with E-state index in [4.69, 9.17) is 4.42 Å². The summed E-state index contributed by atoms with van der Waals surface area (Å²) in [6, 6.07) is 7.66. The summed E-state index contributed by atoms with van der Waals surface area (Å²) >= 11 is 0. The number of carbonyl (C=O) groups excluding carboxylic acids is 1. The lowest BCUT2D eigenvalue weighted by atomic mass is 10.1. The molecule has 0 spiro atoms. The molecule has 6 heteroatoms. The molecule has 25 heavy (non-hydrogen) atoms. The predicted molar refractivity (Wildman–Crippen MR) is 95.9 cm³/mol. The number of carbonyl (C=O) groups is 1. The molecular weight excluding hydrogens is 316 g/mol. The van der Waals surface area contributed by atoms with Crippen molar-refractivity contribution in [2.45, 2.75) is 12.3 Å². The summed E-state index contributed by atoms with van der Waals surface area (Å²) in [4.78, 5) is 23.9. The maximum absolute atomic E-state index is 12.9. The topological polar surface area (TPSA) is 52.8 Å². The monoisotopic (exact) mass is 340 g/mol. The Morgan fingerprint density at radius 2 is 2.04 bits per heavy atom. The third-order valence-electron chi connectivity index (χ3n) is 5.24. The standard InChI is InChI=1S/C19H24N4O2/c1-21-8-10-22(11-9-21)18-13-15(4-6-20-18)19(24)23-7-5-16(14-23)17-3-2-12-25-17/h2-4,6,12-13,16H,5,7-11,14H2,1H3/t16-/m0/s1. The van der Waals surface area contributed by atoms with Gasteiger partial charge in [0.15, 0.2) is 0 Å². The number of furan rings is 1. The molecule has 2 saturated heterocycles. The SMILES string of the molecule is CN1CCN(c2cc(C(=O)N3CC[C@H](c4ccco4)C3)ccn2)CC1. The fraction of sp³-hybridized carbons (Fsp3) is 0.474. The Bertz CT molecular complexity index is 723. The van der Waals surface area contributed by atoms with Crippen molar-refractivity contribution in [1.29, 1.82) is 0 Å². The second kappa shape index (κ2) is 6.88. The van der Waals surface area contributed by atoms with E-state index < -0.39 is 0 Å². The lowest BCUT2D eigenvalue weighted by molar-refractivity contribution is 0.0790. The lowest BCUT2D eigenvalue weighted by Gasteiger charge is -2.33. The highest BCUT2D eigenvalue weighted by Gasteiger charge is 2.29. The first-order chi connectivity index (χ1) is 12.2. The zero-order valence-electron chi connectivity index (χ0n) is 14.6. The Morgan fingerprint density at radius 1 is 1.20 bits per heavy atom. The summed E-state index contributed by atoms with van der Waals surface area (Å²) in [5.41, 5.74) is 0.726. The van der Waals surface area contributed by atoms with Crippen LogP contribution in [0.15, 0.2) is 41.1 Å². The average molecular weight is 340 g/mol. The van der Waals surface area contributed by atoms with E-state index in [-0.39, 0.29) is 5.91 Å². The van der Waals surface area contributed by atoms with Crippen LogP contribution in [0, 0.1) is 0 Å². The molecule has 0 unspecified atom stereocenters. The molecule has 0 N–H and O–H groups in total. The second-order valence-electron chi connectivity index (χ2n) is 6.95. The van der Waals surface area contributed by atoms with Gasteiger partial charge in [0.05, 0.1) is 6.26 Å². The minimum atomic E-state index is 0.0897. The Kier molecular flexibility index (Phi) is 4.44. The first-order valence-corrected chi connectivity index (χ1v) is 8.93. The van der Waals surface area contributed by atoms with Gasteiger partial charge in [-0.2, -0.15) is 0 Å². The van der Waals surface area contributed by atoms with E-state index in [0.29, 0.717) is 5.92 Å². The van der Waals surface area contributed by atoms with E-state index in [9.17, 15) is 4.79 Å². The van der Waals surface area contributed by atoms with Gasteiger partial charge in [0.1, 0.15) is 11.6 Å². The van der Waals surface area contributed by atoms with Crippen LogP contribution in [0.3, 0.4) is 0 Å². The van der Waals surface area contributed by atoms with Crippen molar-refractivity contribution in [1.82, 2.24) is 14.8 Å². The number of likely N-dealkylation sites (tertiary alicyclic amines) is 1. The fourth-order valence-electron chi connectivity index (χ4n) is 3.64. The minimum Gasteiger partial charge on any atom is -0.469 e. The van der Waals surface area contributed by atoms with Gasteiger partial charge < -0.3 is 19.1 Å². The Hall–Kier alpha value is -2.34. The minimum absolute atomic E-state index is 0.0897. The number of hydrogen-bond acceptors (Lipinski definition) is 5. The fourth-order valence-corrected chi connectivity index (χ4v) is 3.64. The molecule has 2 aliphatic heterocycles. The number of piperazine rings is 1. The summed E-state index contributed by atoms with van der Waals surface area (Å²) in [6.07, 6.45) is 4.40. The number of nitrogens with zero attached hydrogens (tertiary/aromatic N) is 4. The largest absolute Gasteiger partial charge is 0.469 e. The van der Waals surface area contributed by atoms with Gasteiger partial charge in [-0.1, -0.05) is 0 Å². The zero-order chi connectivity index (χ0) is 17.2. The van der Waals surface area contributed by atoms with Crippen LogP contribution in [0.5, 0.6) is 0 Å². The molecule has 4 rings (SSSR count). The first-order valence-electron chi connectivity index (χ1n) is 8.93. The van der Waals surface area contributed by atoms with Crippen LogP contribution in [0.4, 0.5) is 5.82 Å². The number of amides is 1. The van der Waals surface area contributed by atoms with Crippen LogP contribution in [0.1, 0.15) is 28.5 Å². The van der Waals surface area contributed by atoms with Gasteiger partial charge in [-0.05, 0) is 37.7 Å². The van der Waals surface area contributed by atoms with Crippen molar-refractivity contribution in [2.75, 3.05) is 51.2 Å². The number of hydrogen-bond donors (Lipinski definition) is 0. The molecule has 2 aromatic heterocycles. The summed E-state index contributed by atoms with van der Waals surface area (Å²) in [5.74, 6) is 2.27.